The van der Waals surface area contributed by atoms with Gasteiger partial charge in [-0.15, -0.1) is 0 Å². The highest BCUT2D eigenvalue weighted by molar-refractivity contribution is 6.30. The van der Waals surface area contributed by atoms with E-state index in [4.69, 9.17) is 21.6 Å². The molecule has 0 aliphatic carbocycles. The molecule has 2 rings (SSSR count). The Hall–Kier alpha value is -2.25. The molecule has 2 aromatic rings. The number of hydrogen-bond donors (Lipinski definition) is 1. The molecule has 0 bridgehead atoms. The molecule has 0 spiro atoms. The van der Waals surface area contributed by atoms with Crippen LogP contribution in [0.2, 0.25) is 5.02 Å². The lowest BCUT2D eigenvalue weighted by Crippen LogP contribution is -2.07. The number of benzene rings is 2. The molecule has 21 heavy (non-hydrogen) atoms. The Labute approximate surface area is 127 Å². The second-order valence-corrected chi connectivity index (χ2v) is 4.92. The third-order valence-electron chi connectivity index (χ3n) is 2.96. The fraction of sp³-hybridized carbons (Fsp3) is 0.188. The van der Waals surface area contributed by atoms with Crippen molar-refractivity contribution in [2.24, 2.45) is 0 Å². The van der Waals surface area contributed by atoms with Crippen LogP contribution in [0.5, 0.6) is 5.75 Å². The molecule has 0 aromatic heterocycles. The van der Waals surface area contributed by atoms with Gasteiger partial charge in [-0.3, -0.25) is 0 Å². The third kappa shape index (κ3) is 4.11. The average Bonchev–Trinajstić information content (AvgIpc) is 2.48. The van der Waals surface area contributed by atoms with Gasteiger partial charge in [-0.05, 0) is 36.8 Å². The fourth-order valence-corrected chi connectivity index (χ4v) is 2.02. The molecule has 108 valence electrons. The zero-order chi connectivity index (χ0) is 15.2. The number of nitrogens with zero attached hydrogens (tertiary/aromatic N) is 1. The summed E-state index contributed by atoms with van der Waals surface area (Å²) in [6, 6.07) is 13.8. The Morgan fingerprint density at radius 3 is 2.86 bits per heavy atom. The minimum Gasteiger partial charge on any atom is -0.479 e. The molecule has 1 unspecified atom stereocenters. The highest BCUT2D eigenvalue weighted by atomic mass is 35.5. The molecule has 0 saturated heterocycles. The van der Waals surface area contributed by atoms with E-state index >= 15 is 0 Å². The lowest BCUT2D eigenvalue weighted by molar-refractivity contribution is 0.368. The Kier molecular flexibility index (Phi) is 5.02. The van der Waals surface area contributed by atoms with Gasteiger partial charge in [0.25, 0.3) is 0 Å². The minimum atomic E-state index is -0.436. The molecular weight excluding hydrogens is 291 g/mol. The highest BCUT2D eigenvalue weighted by Crippen LogP contribution is 2.25. The summed E-state index contributed by atoms with van der Waals surface area (Å²) in [4.78, 5) is 0. The summed E-state index contributed by atoms with van der Waals surface area (Å²) in [5.74, 6) is 0.171. The summed E-state index contributed by atoms with van der Waals surface area (Å²) in [5, 5.41) is 11.9. The topological polar surface area (TPSA) is 45.0 Å². The van der Waals surface area contributed by atoms with Crippen molar-refractivity contribution in [3.8, 4) is 11.8 Å². The maximum Gasteiger partial charge on any atom is 0.174 e. The standard InChI is InChI=1S/C16H14ClFN2O/c1-11(12-5-6-15(17)16(18)9-12)20-13-3-2-4-14(10-13)21-8-7-19/h2-6,9-11,20H,8H2,1H3. The zero-order valence-electron chi connectivity index (χ0n) is 11.4. The van der Waals surface area contributed by atoms with Gasteiger partial charge in [-0.1, -0.05) is 23.7 Å². The molecule has 5 heteroatoms. The van der Waals surface area contributed by atoms with E-state index in [-0.39, 0.29) is 17.7 Å². The summed E-state index contributed by atoms with van der Waals surface area (Å²) < 4.78 is 18.7. The number of anilines is 1. The fourth-order valence-electron chi connectivity index (χ4n) is 1.91. The maximum atomic E-state index is 13.5. The van der Waals surface area contributed by atoms with Gasteiger partial charge < -0.3 is 10.1 Å². The number of ether oxygens (including phenoxy) is 1. The molecule has 0 heterocycles. The van der Waals surface area contributed by atoms with Crippen molar-refractivity contribution in [1.29, 1.82) is 5.26 Å². The first-order valence-corrected chi connectivity index (χ1v) is 6.79. The van der Waals surface area contributed by atoms with Gasteiger partial charge in [-0.2, -0.15) is 5.26 Å². The molecule has 1 atom stereocenters. The molecular formula is C16H14ClFN2O. The van der Waals surface area contributed by atoms with Crippen molar-refractivity contribution in [2.45, 2.75) is 13.0 Å². The lowest BCUT2D eigenvalue weighted by atomic mass is 10.1. The van der Waals surface area contributed by atoms with Gasteiger partial charge in [0.1, 0.15) is 17.6 Å². The van der Waals surface area contributed by atoms with Gasteiger partial charge in [0.05, 0.1) is 5.02 Å². The van der Waals surface area contributed by atoms with Crippen LogP contribution in [-0.2, 0) is 0 Å². The minimum absolute atomic E-state index is 0.00139. The Balaban J connectivity index is 2.10. The van der Waals surface area contributed by atoms with E-state index < -0.39 is 5.82 Å². The van der Waals surface area contributed by atoms with Crippen LogP contribution in [0.3, 0.4) is 0 Å². The van der Waals surface area contributed by atoms with E-state index in [9.17, 15) is 4.39 Å². The summed E-state index contributed by atoms with van der Waals surface area (Å²) in [5.41, 5.74) is 1.62. The monoisotopic (exact) mass is 304 g/mol. The van der Waals surface area contributed by atoms with Crippen LogP contribution in [0.1, 0.15) is 18.5 Å². The van der Waals surface area contributed by atoms with Crippen LogP contribution in [0.4, 0.5) is 10.1 Å². The van der Waals surface area contributed by atoms with Gasteiger partial charge in [0.15, 0.2) is 6.61 Å². The van der Waals surface area contributed by atoms with Crippen LogP contribution in [0.25, 0.3) is 0 Å². The first kappa shape index (κ1) is 15.1. The van der Waals surface area contributed by atoms with Crippen molar-refractivity contribution in [3.63, 3.8) is 0 Å². The molecule has 1 N–H and O–H groups in total. The van der Waals surface area contributed by atoms with Crippen LogP contribution in [-0.4, -0.2) is 6.61 Å². The van der Waals surface area contributed by atoms with Crippen LogP contribution >= 0.6 is 11.6 Å². The second kappa shape index (κ2) is 6.96. The zero-order valence-corrected chi connectivity index (χ0v) is 12.2. The Bertz CT molecular complexity index is 670. The maximum absolute atomic E-state index is 13.5. The first-order chi connectivity index (χ1) is 10.1. The van der Waals surface area contributed by atoms with Gasteiger partial charge in [0.2, 0.25) is 0 Å². The molecule has 0 amide bonds. The van der Waals surface area contributed by atoms with Crippen molar-refractivity contribution in [1.82, 2.24) is 0 Å². The molecule has 0 aliphatic heterocycles. The summed E-state index contributed by atoms with van der Waals surface area (Å²) >= 11 is 5.68. The van der Waals surface area contributed by atoms with Gasteiger partial charge in [0, 0.05) is 17.8 Å². The van der Waals surface area contributed by atoms with Crippen molar-refractivity contribution in [2.75, 3.05) is 11.9 Å². The predicted octanol–water partition coefficient (Wildman–Crippen LogP) is 4.55. The van der Waals surface area contributed by atoms with Crippen LogP contribution in [0.15, 0.2) is 42.5 Å². The number of nitriles is 1. The number of nitrogens with one attached hydrogen (secondary N) is 1. The van der Waals surface area contributed by atoms with Crippen LogP contribution in [0, 0.1) is 17.1 Å². The largest absolute Gasteiger partial charge is 0.479 e. The van der Waals surface area contributed by atoms with Crippen molar-refractivity contribution in [3.05, 3.63) is 58.9 Å². The van der Waals surface area contributed by atoms with E-state index in [1.54, 1.807) is 18.2 Å². The lowest BCUT2D eigenvalue weighted by Gasteiger charge is -2.16. The number of rotatable bonds is 5. The second-order valence-electron chi connectivity index (χ2n) is 4.51. The first-order valence-electron chi connectivity index (χ1n) is 6.41. The predicted molar refractivity (Wildman–Crippen MR) is 81.0 cm³/mol. The Morgan fingerprint density at radius 1 is 1.33 bits per heavy atom. The molecule has 2 aromatic carbocycles. The van der Waals surface area contributed by atoms with E-state index in [0.29, 0.717) is 5.75 Å². The number of hydrogen-bond acceptors (Lipinski definition) is 3. The van der Waals surface area contributed by atoms with E-state index in [0.717, 1.165) is 11.3 Å². The van der Waals surface area contributed by atoms with Crippen LogP contribution < -0.4 is 10.1 Å². The average molecular weight is 305 g/mol. The number of halogens is 2. The molecule has 3 nitrogen and oxygen atoms in total. The smallest absolute Gasteiger partial charge is 0.174 e. The molecule has 0 radical (unpaired) electrons. The highest BCUT2D eigenvalue weighted by Gasteiger charge is 2.09. The van der Waals surface area contributed by atoms with E-state index in [1.165, 1.54) is 12.1 Å². The van der Waals surface area contributed by atoms with Gasteiger partial charge in [-0.25, -0.2) is 4.39 Å². The van der Waals surface area contributed by atoms with E-state index in [2.05, 4.69) is 5.32 Å². The summed E-state index contributed by atoms with van der Waals surface area (Å²) in [6.07, 6.45) is 0. The third-order valence-corrected chi connectivity index (χ3v) is 3.27. The van der Waals surface area contributed by atoms with Crippen molar-refractivity contribution < 1.29 is 9.13 Å². The summed E-state index contributed by atoms with van der Waals surface area (Å²) in [7, 11) is 0. The Morgan fingerprint density at radius 2 is 2.14 bits per heavy atom. The SMILES string of the molecule is CC(Nc1cccc(OCC#N)c1)c1ccc(Cl)c(F)c1. The summed E-state index contributed by atoms with van der Waals surface area (Å²) in [6.45, 7) is 1.92. The molecule has 0 aliphatic rings. The molecule has 0 saturated carbocycles. The van der Waals surface area contributed by atoms with Gasteiger partial charge >= 0.3 is 0 Å². The molecule has 0 fully saturated rings. The normalized spacial score (nSPS) is 11.5. The quantitative estimate of drug-likeness (QED) is 0.881. The van der Waals surface area contributed by atoms with E-state index in [1.807, 2.05) is 25.1 Å². The van der Waals surface area contributed by atoms with Crippen molar-refractivity contribution >= 4 is 17.3 Å².